The third-order valence-corrected chi connectivity index (χ3v) is 3.21. The third-order valence-electron chi connectivity index (χ3n) is 2.90. The maximum atomic E-state index is 6.05. The van der Waals surface area contributed by atoms with Gasteiger partial charge in [0.25, 0.3) is 0 Å². The molecule has 1 aromatic heterocycles. The number of para-hydroxylation sites is 1. The molecule has 3 nitrogen and oxygen atoms in total. The summed E-state index contributed by atoms with van der Waals surface area (Å²) < 4.78 is 11.2. The van der Waals surface area contributed by atoms with Crippen LogP contribution in [0, 0.1) is 5.92 Å². The van der Waals surface area contributed by atoms with E-state index in [1.54, 1.807) is 6.26 Å². The summed E-state index contributed by atoms with van der Waals surface area (Å²) >= 11 is 6.05. The lowest BCUT2D eigenvalue weighted by atomic mass is 10.2. The predicted octanol–water partition coefficient (Wildman–Crippen LogP) is 4.26. The van der Waals surface area contributed by atoms with Crippen LogP contribution in [0.15, 0.2) is 41.0 Å². The van der Waals surface area contributed by atoms with Crippen molar-refractivity contribution < 1.29 is 9.15 Å². The second-order valence-corrected chi connectivity index (χ2v) is 5.52. The van der Waals surface area contributed by atoms with E-state index in [-0.39, 0.29) is 0 Å². The molecule has 2 rings (SSSR count). The van der Waals surface area contributed by atoms with Crippen LogP contribution in [0.4, 0.5) is 0 Å². The van der Waals surface area contributed by atoms with E-state index in [0.717, 1.165) is 24.4 Å². The highest BCUT2D eigenvalue weighted by atomic mass is 35.5. The molecule has 0 amide bonds. The maximum absolute atomic E-state index is 6.05. The van der Waals surface area contributed by atoms with Gasteiger partial charge in [0.1, 0.15) is 18.1 Å². The van der Waals surface area contributed by atoms with Crippen molar-refractivity contribution in [3.8, 4) is 5.75 Å². The number of nitrogens with one attached hydrogen (secondary N) is 1. The van der Waals surface area contributed by atoms with Crippen LogP contribution in [0.5, 0.6) is 5.75 Å². The molecule has 0 saturated carbocycles. The van der Waals surface area contributed by atoms with Crippen LogP contribution in [-0.4, -0.2) is 6.54 Å². The largest absolute Gasteiger partial charge is 0.484 e. The summed E-state index contributed by atoms with van der Waals surface area (Å²) in [6.45, 7) is 6.52. The Bertz CT molecular complexity index is 537. The minimum atomic E-state index is 0.384. The molecule has 2 aromatic rings. The van der Waals surface area contributed by atoms with Gasteiger partial charge in [-0.15, -0.1) is 0 Å². The van der Waals surface area contributed by atoms with Crippen molar-refractivity contribution in [3.05, 3.63) is 52.9 Å². The van der Waals surface area contributed by atoms with Gasteiger partial charge in [0.15, 0.2) is 0 Å². The SMILES string of the molecule is CC(C)CNCc1ccoc1COc1ccccc1Cl. The summed E-state index contributed by atoms with van der Waals surface area (Å²) in [6.07, 6.45) is 1.69. The molecule has 0 saturated heterocycles. The van der Waals surface area contributed by atoms with E-state index in [0.29, 0.717) is 23.3 Å². The van der Waals surface area contributed by atoms with Crippen LogP contribution in [0.25, 0.3) is 0 Å². The van der Waals surface area contributed by atoms with E-state index in [9.17, 15) is 0 Å². The van der Waals surface area contributed by atoms with Gasteiger partial charge in [-0.25, -0.2) is 0 Å². The summed E-state index contributed by atoms with van der Waals surface area (Å²) in [5, 5.41) is 4.01. The Morgan fingerprint density at radius 3 is 2.80 bits per heavy atom. The van der Waals surface area contributed by atoms with Crippen LogP contribution in [0.2, 0.25) is 5.02 Å². The molecule has 108 valence electrons. The highest BCUT2D eigenvalue weighted by molar-refractivity contribution is 6.32. The third kappa shape index (κ3) is 4.29. The molecule has 20 heavy (non-hydrogen) atoms. The van der Waals surface area contributed by atoms with Gasteiger partial charge in [-0.2, -0.15) is 0 Å². The first-order valence-electron chi connectivity index (χ1n) is 6.80. The Kier molecular flexibility index (Phi) is 5.50. The van der Waals surface area contributed by atoms with Crippen LogP contribution >= 0.6 is 11.6 Å². The number of halogens is 1. The number of rotatable bonds is 7. The fraction of sp³-hybridized carbons (Fsp3) is 0.375. The highest BCUT2D eigenvalue weighted by Crippen LogP contribution is 2.24. The Balaban J connectivity index is 1.90. The van der Waals surface area contributed by atoms with Gasteiger partial charge in [0.2, 0.25) is 0 Å². The standard InChI is InChI=1S/C16H20ClNO2/c1-12(2)9-18-10-13-7-8-19-16(13)11-20-15-6-4-3-5-14(15)17/h3-8,12,18H,9-11H2,1-2H3. The molecule has 0 aliphatic carbocycles. The van der Waals surface area contributed by atoms with Crippen molar-refractivity contribution in [1.82, 2.24) is 5.32 Å². The van der Waals surface area contributed by atoms with Crippen molar-refractivity contribution in [3.63, 3.8) is 0 Å². The molecule has 0 bridgehead atoms. The Morgan fingerprint density at radius 1 is 1.25 bits per heavy atom. The molecule has 4 heteroatoms. The number of hydrogen-bond donors (Lipinski definition) is 1. The average Bonchev–Trinajstić information content (AvgIpc) is 2.85. The second-order valence-electron chi connectivity index (χ2n) is 5.11. The quantitative estimate of drug-likeness (QED) is 0.828. The zero-order valence-corrected chi connectivity index (χ0v) is 12.6. The van der Waals surface area contributed by atoms with E-state index >= 15 is 0 Å². The van der Waals surface area contributed by atoms with E-state index in [4.69, 9.17) is 20.8 Å². The van der Waals surface area contributed by atoms with Crippen LogP contribution in [-0.2, 0) is 13.2 Å². The molecule has 0 aliphatic rings. The van der Waals surface area contributed by atoms with Crippen molar-refractivity contribution in [1.29, 1.82) is 0 Å². The zero-order chi connectivity index (χ0) is 14.4. The van der Waals surface area contributed by atoms with Crippen molar-refractivity contribution in [2.24, 2.45) is 5.92 Å². The molecule has 0 unspecified atom stereocenters. The molecule has 1 heterocycles. The Labute approximate surface area is 124 Å². The smallest absolute Gasteiger partial charge is 0.146 e. The Hall–Kier alpha value is -1.45. The first kappa shape index (κ1) is 14.9. The summed E-state index contributed by atoms with van der Waals surface area (Å²) in [5.74, 6) is 2.14. The van der Waals surface area contributed by atoms with Gasteiger partial charge in [-0.1, -0.05) is 37.6 Å². The number of ether oxygens (including phenoxy) is 1. The van der Waals surface area contributed by atoms with Crippen LogP contribution in [0.1, 0.15) is 25.2 Å². The molecule has 0 radical (unpaired) electrons. The molecule has 0 spiro atoms. The number of hydrogen-bond acceptors (Lipinski definition) is 3. The molecule has 0 aliphatic heterocycles. The predicted molar refractivity (Wildman–Crippen MR) is 81.0 cm³/mol. The monoisotopic (exact) mass is 293 g/mol. The first-order valence-corrected chi connectivity index (χ1v) is 7.18. The molecule has 1 N–H and O–H groups in total. The fourth-order valence-electron chi connectivity index (χ4n) is 1.85. The lowest BCUT2D eigenvalue weighted by Crippen LogP contribution is -2.19. The topological polar surface area (TPSA) is 34.4 Å². The van der Waals surface area contributed by atoms with Crippen molar-refractivity contribution in [2.75, 3.05) is 6.54 Å². The normalized spacial score (nSPS) is 11.0. The van der Waals surface area contributed by atoms with Crippen molar-refractivity contribution in [2.45, 2.75) is 27.0 Å². The first-order chi connectivity index (χ1) is 9.66. The van der Waals surface area contributed by atoms with Gasteiger partial charge < -0.3 is 14.5 Å². The summed E-state index contributed by atoms with van der Waals surface area (Å²) in [6, 6.07) is 9.41. The highest BCUT2D eigenvalue weighted by Gasteiger charge is 2.08. The minimum Gasteiger partial charge on any atom is -0.484 e. The second kappa shape index (κ2) is 7.36. The molecule has 1 aromatic carbocycles. The summed E-state index contributed by atoms with van der Waals surface area (Å²) in [5.41, 5.74) is 1.12. The number of benzene rings is 1. The van der Waals surface area contributed by atoms with Crippen LogP contribution in [0.3, 0.4) is 0 Å². The summed E-state index contributed by atoms with van der Waals surface area (Å²) in [4.78, 5) is 0. The van der Waals surface area contributed by atoms with Crippen LogP contribution < -0.4 is 10.1 Å². The van der Waals surface area contributed by atoms with Gasteiger partial charge in [0, 0.05) is 12.1 Å². The molecule has 0 atom stereocenters. The van der Waals surface area contributed by atoms with E-state index < -0.39 is 0 Å². The van der Waals surface area contributed by atoms with E-state index in [1.807, 2.05) is 30.3 Å². The van der Waals surface area contributed by atoms with E-state index in [1.165, 1.54) is 0 Å². The average molecular weight is 294 g/mol. The van der Waals surface area contributed by atoms with Gasteiger partial charge >= 0.3 is 0 Å². The zero-order valence-electron chi connectivity index (χ0n) is 11.9. The minimum absolute atomic E-state index is 0.384. The lowest BCUT2D eigenvalue weighted by Gasteiger charge is -2.09. The van der Waals surface area contributed by atoms with Gasteiger partial charge in [-0.3, -0.25) is 0 Å². The Morgan fingerprint density at radius 2 is 2.05 bits per heavy atom. The summed E-state index contributed by atoms with van der Waals surface area (Å²) in [7, 11) is 0. The van der Waals surface area contributed by atoms with Gasteiger partial charge in [-0.05, 0) is 30.7 Å². The van der Waals surface area contributed by atoms with Gasteiger partial charge in [0.05, 0.1) is 11.3 Å². The molecular weight excluding hydrogens is 274 g/mol. The van der Waals surface area contributed by atoms with E-state index in [2.05, 4.69) is 19.2 Å². The fourth-order valence-corrected chi connectivity index (χ4v) is 2.04. The maximum Gasteiger partial charge on any atom is 0.146 e. The van der Waals surface area contributed by atoms with Crippen molar-refractivity contribution >= 4 is 11.6 Å². The lowest BCUT2D eigenvalue weighted by molar-refractivity contribution is 0.268. The molecule has 0 fully saturated rings. The molecular formula is C16H20ClNO2. The number of furan rings is 1.